The molecule has 1 atom stereocenters. The lowest BCUT2D eigenvalue weighted by Crippen LogP contribution is -2.42. The van der Waals surface area contributed by atoms with E-state index in [1.54, 1.807) is 0 Å². The van der Waals surface area contributed by atoms with E-state index in [-0.39, 0.29) is 19.1 Å². The van der Waals surface area contributed by atoms with Crippen molar-refractivity contribution in [2.75, 3.05) is 13.2 Å². The minimum Gasteiger partial charge on any atom is -0.396 e. The van der Waals surface area contributed by atoms with Gasteiger partial charge in [-0.3, -0.25) is 9.36 Å². The highest BCUT2D eigenvalue weighted by molar-refractivity contribution is 7.89. The Morgan fingerprint density at radius 3 is 2.48 bits per heavy atom. The van der Waals surface area contributed by atoms with Gasteiger partial charge in [-0.2, -0.15) is 0 Å². The Kier molecular flexibility index (Phi) is 5.87. The molecule has 0 aromatic carbocycles. The molecule has 0 aliphatic heterocycles. The molecule has 1 aromatic heterocycles. The molecule has 9 heteroatoms. The maximum Gasteiger partial charge on any atom is 0.330 e. The van der Waals surface area contributed by atoms with Gasteiger partial charge in [-0.1, -0.05) is 13.3 Å². The topological polar surface area (TPSA) is 110 Å². The van der Waals surface area contributed by atoms with Crippen molar-refractivity contribution in [2.24, 2.45) is 20.0 Å². The van der Waals surface area contributed by atoms with Crippen LogP contribution in [0.4, 0.5) is 0 Å². The van der Waals surface area contributed by atoms with Gasteiger partial charge < -0.3 is 9.67 Å². The number of aryl methyl sites for hydroxylation is 1. The van der Waals surface area contributed by atoms with Crippen molar-refractivity contribution >= 4 is 10.0 Å². The molecule has 0 fully saturated rings. The van der Waals surface area contributed by atoms with E-state index in [2.05, 4.69) is 4.72 Å². The Balaban J connectivity index is 3.10. The van der Waals surface area contributed by atoms with Gasteiger partial charge in [-0.15, -0.1) is 0 Å². The summed E-state index contributed by atoms with van der Waals surface area (Å²) >= 11 is 0. The molecule has 0 aliphatic carbocycles. The highest BCUT2D eigenvalue weighted by Crippen LogP contribution is 2.08. The summed E-state index contributed by atoms with van der Waals surface area (Å²) in [6.07, 6.45) is 2.19. The van der Waals surface area contributed by atoms with Gasteiger partial charge in [0.2, 0.25) is 10.0 Å². The summed E-state index contributed by atoms with van der Waals surface area (Å²) in [5.74, 6) is -0.0128. The zero-order chi connectivity index (χ0) is 16.2. The molecule has 8 nitrogen and oxygen atoms in total. The summed E-state index contributed by atoms with van der Waals surface area (Å²) in [5.41, 5.74) is -1.45. The van der Waals surface area contributed by atoms with Crippen molar-refractivity contribution in [3.63, 3.8) is 0 Å². The van der Waals surface area contributed by atoms with E-state index in [1.807, 2.05) is 6.92 Å². The number of hydrogen-bond acceptors (Lipinski definition) is 5. The second-order valence-corrected chi connectivity index (χ2v) is 6.62. The second kappa shape index (κ2) is 7.01. The number of aromatic nitrogens is 2. The highest BCUT2D eigenvalue weighted by Gasteiger charge is 2.22. The van der Waals surface area contributed by atoms with Gasteiger partial charge in [-0.25, -0.2) is 17.9 Å². The molecule has 21 heavy (non-hydrogen) atoms. The van der Waals surface area contributed by atoms with Gasteiger partial charge in [0.15, 0.2) is 4.90 Å². The SMILES string of the molecule is CCC(CCO)CNS(=O)(=O)c1cn(C)c(=O)n(C)c1=O. The minimum absolute atomic E-state index is 0.0128. The molecule has 1 unspecified atom stereocenters. The average molecular weight is 319 g/mol. The molecule has 1 heterocycles. The summed E-state index contributed by atoms with van der Waals surface area (Å²) in [6, 6.07) is 0. The number of hydrogen-bond donors (Lipinski definition) is 2. The molecule has 0 aliphatic rings. The molecular weight excluding hydrogens is 298 g/mol. The fraction of sp³-hybridized carbons (Fsp3) is 0.667. The van der Waals surface area contributed by atoms with Gasteiger partial charge in [0.05, 0.1) is 0 Å². The van der Waals surface area contributed by atoms with Crippen LogP contribution >= 0.6 is 0 Å². The van der Waals surface area contributed by atoms with Crippen LogP contribution in [0.3, 0.4) is 0 Å². The van der Waals surface area contributed by atoms with E-state index < -0.39 is 26.2 Å². The zero-order valence-corrected chi connectivity index (χ0v) is 13.2. The summed E-state index contributed by atoms with van der Waals surface area (Å²) < 4.78 is 28.5. The predicted molar refractivity (Wildman–Crippen MR) is 77.6 cm³/mol. The van der Waals surface area contributed by atoms with E-state index in [0.717, 1.165) is 15.3 Å². The quantitative estimate of drug-likeness (QED) is 0.654. The minimum atomic E-state index is -4.00. The average Bonchev–Trinajstić information content (AvgIpc) is 2.44. The molecule has 1 rings (SSSR count). The maximum atomic E-state index is 12.2. The van der Waals surface area contributed by atoms with E-state index >= 15 is 0 Å². The highest BCUT2D eigenvalue weighted by atomic mass is 32.2. The lowest BCUT2D eigenvalue weighted by molar-refractivity contribution is 0.254. The molecule has 0 saturated heterocycles. The van der Waals surface area contributed by atoms with E-state index in [1.165, 1.54) is 14.1 Å². The van der Waals surface area contributed by atoms with Crippen LogP contribution < -0.4 is 16.0 Å². The van der Waals surface area contributed by atoms with Gasteiger partial charge in [0, 0.05) is 33.4 Å². The van der Waals surface area contributed by atoms with Gasteiger partial charge in [0.1, 0.15) is 0 Å². The number of aliphatic hydroxyl groups is 1. The fourth-order valence-electron chi connectivity index (χ4n) is 1.90. The largest absolute Gasteiger partial charge is 0.396 e. The van der Waals surface area contributed by atoms with Crippen LogP contribution in [0.2, 0.25) is 0 Å². The standard InChI is InChI=1S/C12H21N3O5S/c1-4-9(5-6-16)7-13-21(19,20)10-8-14(2)12(18)15(3)11(10)17/h8-9,13,16H,4-7H2,1-3H3. The van der Waals surface area contributed by atoms with Crippen LogP contribution in [0.15, 0.2) is 20.7 Å². The molecule has 0 spiro atoms. The first-order valence-electron chi connectivity index (χ1n) is 6.61. The fourth-order valence-corrected chi connectivity index (χ4v) is 3.17. The Hall–Kier alpha value is -1.45. The Morgan fingerprint density at radius 2 is 1.95 bits per heavy atom. The van der Waals surface area contributed by atoms with Crippen molar-refractivity contribution in [3.05, 3.63) is 27.0 Å². The molecule has 0 bridgehead atoms. The smallest absolute Gasteiger partial charge is 0.330 e. The predicted octanol–water partition coefficient (Wildman–Crippen LogP) is -1.23. The monoisotopic (exact) mass is 319 g/mol. The normalized spacial score (nSPS) is 13.3. The lowest BCUT2D eigenvalue weighted by atomic mass is 10.0. The number of nitrogens with one attached hydrogen (secondary N) is 1. The van der Waals surface area contributed by atoms with Crippen molar-refractivity contribution in [3.8, 4) is 0 Å². The summed E-state index contributed by atoms with van der Waals surface area (Å²) in [7, 11) is -1.40. The van der Waals surface area contributed by atoms with E-state index in [0.29, 0.717) is 12.8 Å². The third-order valence-electron chi connectivity index (χ3n) is 3.38. The number of sulfonamides is 1. The first kappa shape index (κ1) is 17.6. The lowest BCUT2D eigenvalue weighted by Gasteiger charge is -2.15. The van der Waals surface area contributed by atoms with Crippen LogP contribution in [0.1, 0.15) is 19.8 Å². The summed E-state index contributed by atoms with van der Waals surface area (Å²) in [4.78, 5) is 23.0. The number of aliphatic hydroxyl groups excluding tert-OH is 1. The first-order chi connectivity index (χ1) is 9.74. The summed E-state index contributed by atoms with van der Waals surface area (Å²) in [6.45, 7) is 1.99. The van der Waals surface area contributed by atoms with Crippen molar-refractivity contribution in [1.29, 1.82) is 0 Å². The van der Waals surface area contributed by atoms with Crippen molar-refractivity contribution in [2.45, 2.75) is 24.7 Å². The number of nitrogens with zero attached hydrogens (tertiary/aromatic N) is 2. The van der Waals surface area contributed by atoms with Crippen LogP contribution in [-0.2, 0) is 24.1 Å². The zero-order valence-electron chi connectivity index (χ0n) is 12.4. The molecule has 1 aromatic rings. The Labute approximate surface area is 123 Å². The molecule has 2 N–H and O–H groups in total. The molecule has 120 valence electrons. The maximum absolute atomic E-state index is 12.2. The first-order valence-corrected chi connectivity index (χ1v) is 8.10. The number of rotatable bonds is 7. The van der Waals surface area contributed by atoms with Crippen molar-refractivity contribution in [1.82, 2.24) is 13.9 Å². The van der Waals surface area contributed by atoms with Gasteiger partial charge in [-0.05, 0) is 12.3 Å². The molecule has 0 amide bonds. The van der Waals surface area contributed by atoms with Crippen LogP contribution in [0.25, 0.3) is 0 Å². The van der Waals surface area contributed by atoms with Crippen LogP contribution in [-0.4, -0.2) is 35.8 Å². The molecule has 0 saturated carbocycles. The Morgan fingerprint density at radius 1 is 1.33 bits per heavy atom. The summed E-state index contributed by atoms with van der Waals surface area (Å²) in [5, 5.41) is 8.89. The van der Waals surface area contributed by atoms with E-state index in [9.17, 15) is 18.0 Å². The molecular formula is C12H21N3O5S. The third-order valence-corrected chi connectivity index (χ3v) is 4.79. The Bertz CT molecular complexity index is 705. The third kappa shape index (κ3) is 4.02. The van der Waals surface area contributed by atoms with Crippen molar-refractivity contribution < 1.29 is 13.5 Å². The van der Waals surface area contributed by atoms with Gasteiger partial charge in [0.25, 0.3) is 5.56 Å². The van der Waals surface area contributed by atoms with Crippen LogP contribution in [0, 0.1) is 5.92 Å². The second-order valence-electron chi connectivity index (χ2n) is 4.89. The van der Waals surface area contributed by atoms with Crippen LogP contribution in [0.5, 0.6) is 0 Å². The molecule has 0 radical (unpaired) electrons. The van der Waals surface area contributed by atoms with E-state index in [4.69, 9.17) is 5.11 Å². The van der Waals surface area contributed by atoms with Gasteiger partial charge >= 0.3 is 5.69 Å².